The normalized spacial score (nSPS) is 15.0. The molecule has 1 heterocycles. The number of sulfonamides is 1. The first kappa shape index (κ1) is 15.1. The van der Waals surface area contributed by atoms with Crippen LogP contribution in [0.3, 0.4) is 0 Å². The molecule has 0 saturated carbocycles. The molecule has 3 rings (SSSR count). The van der Waals surface area contributed by atoms with E-state index in [9.17, 15) is 8.42 Å². The van der Waals surface area contributed by atoms with E-state index in [-0.39, 0.29) is 5.41 Å². The highest BCUT2D eigenvalue weighted by atomic mass is 32.2. The molecular formula is C18H21NO2S. The van der Waals surface area contributed by atoms with Crippen LogP contribution in [0.2, 0.25) is 0 Å². The van der Waals surface area contributed by atoms with Crippen molar-refractivity contribution in [2.24, 2.45) is 0 Å². The maximum absolute atomic E-state index is 12.9. The maximum atomic E-state index is 12.9. The average Bonchev–Trinajstić information content (AvgIpc) is 2.91. The fraction of sp³-hybridized carbons (Fsp3) is 0.333. The Bertz CT molecular complexity index is 787. The van der Waals surface area contributed by atoms with E-state index in [1.807, 2.05) is 36.4 Å². The number of benzene rings is 2. The number of hydrogen-bond acceptors (Lipinski definition) is 2. The van der Waals surface area contributed by atoms with E-state index in [1.165, 1.54) is 4.31 Å². The average molecular weight is 315 g/mol. The van der Waals surface area contributed by atoms with Crippen molar-refractivity contribution in [1.82, 2.24) is 0 Å². The van der Waals surface area contributed by atoms with Gasteiger partial charge in [0, 0.05) is 6.54 Å². The van der Waals surface area contributed by atoms with Crippen molar-refractivity contribution in [3.05, 3.63) is 59.7 Å². The molecule has 2 aromatic carbocycles. The SMILES string of the molecule is CC(C)(C)c1ccc(S(=O)(=O)N2CCc3ccccc32)cc1. The van der Waals surface area contributed by atoms with Crippen molar-refractivity contribution in [2.45, 2.75) is 37.5 Å². The van der Waals surface area contributed by atoms with Crippen molar-refractivity contribution >= 4 is 15.7 Å². The Morgan fingerprint density at radius 2 is 1.59 bits per heavy atom. The Labute approximate surface area is 132 Å². The Morgan fingerprint density at radius 1 is 0.955 bits per heavy atom. The molecule has 0 atom stereocenters. The van der Waals surface area contributed by atoms with Gasteiger partial charge in [-0.25, -0.2) is 8.42 Å². The van der Waals surface area contributed by atoms with Gasteiger partial charge in [-0.05, 0) is 41.2 Å². The van der Waals surface area contributed by atoms with Gasteiger partial charge in [0.1, 0.15) is 0 Å². The predicted molar refractivity (Wildman–Crippen MR) is 89.8 cm³/mol. The third-order valence-electron chi connectivity index (χ3n) is 4.15. The molecule has 1 aliphatic heterocycles. The summed E-state index contributed by atoms with van der Waals surface area (Å²) in [6.45, 7) is 6.87. The van der Waals surface area contributed by atoms with Crippen molar-refractivity contribution in [2.75, 3.05) is 10.8 Å². The van der Waals surface area contributed by atoms with Gasteiger partial charge in [0.05, 0.1) is 10.6 Å². The zero-order valence-electron chi connectivity index (χ0n) is 13.2. The van der Waals surface area contributed by atoms with E-state index in [4.69, 9.17) is 0 Å². The standard InChI is InChI=1S/C18H21NO2S/c1-18(2,3)15-8-10-16(11-9-15)22(20,21)19-13-12-14-6-4-5-7-17(14)19/h4-11H,12-13H2,1-3H3. The van der Waals surface area contributed by atoms with Crippen molar-refractivity contribution in [3.63, 3.8) is 0 Å². The number of hydrogen-bond donors (Lipinski definition) is 0. The third kappa shape index (κ3) is 2.52. The molecule has 2 aromatic rings. The molecule has 0 saturated heterocycles. The summed E-state index contributed by atoms with van der Waals surface area (Å²) in [4.78, 5) is 0.359. The number of para-hydroxylation sites is 1. The van der Waals surface area contributed by atoms with Crippen LogP contribution >= 0.6 is 0 Å². The molecule has 0 fully saturated rings. The summed E-state index contributed by atoms with van der Waals surface area (Å²) in [6.07, 6.45) is 0.773. The van der Waals surface area contributed by atoms with Crippen molar-refractivity contribution < 1.29 is 8.42 Å². The van der Waals surface area contributed by atoms with Crippen LogP contribution in [-0.2, 0) is 21.9 Å². The maximum Gasteiger partial charge on any atom is 0.264 e. The summed E-state index contributed by atoms with van der Waals surface area (Å²) in [5.41, 5.74) is 3.05. The van der Waals surface area contributed by atoms with Crippen LogP contribution in [0.1, 0.15) is 31.9 Å². The lowest BCUT2D eigenvalue weighted by Crippen LogP contribution is -2.29. The second kappa shape index (κ2) is 5.13. The summed E-state index contributed by atoms with van der Waals surface area (Å²) in [7, 11) is -3.48. The molecular weight excluding hydrogens is 294 g/mol. The molecule has 0 radical (unpaired) electrons. The zero-order chi connectivity index (χ0) is 16.0. The third-order valence-corrected chi connectivity index (χ3v) is 5.98. The first-order valence-corrected chi connectivity index (χ1v) is 8.95. The highest BCUT2D eigenvalue weighted by Crippen LogP contribution is 2.33. The van der Waals surface area contributed by atoms with Gasteiger partial charge in [-0.3, -0.25) is 4.31 Å². The molecule has 4 heteroatoms. The summed E-state index contributed by atoms with van der Waals surface area (Å²) in [5.74, 6) is 0. The topological polar surface area (TPSA) is 37.4 Å². The Morgan fingerprint density at radius 3 is 2.23 bits per heavy atom. The smallest absolute Gasteiger partial charge is 0.264 e. The van der Waals surface area contributed by atoms with Gasteiger partial charge in [0.25, 0.3) is 10.0 Å². The molecule has 0 amide bonds. The van der Waals surface area contributed by atoms with Crippen molar-refractivity contribution in [1.29, 1.82) is 0 Å². The number of anilines is 1. The molecule has 0 bridgehead atoms. The molecule has 22 heavy (non-hydrogen) atoms. The van der Waals surface area contributed by atoms with Gasteiger partial charge in [-0.1, -0.05) is 51.1 Å². The number of nitrogens with zero attached hydrogens (tertiary/aromatic N) is 1. The summed E-state index contributed by atoms with van der Waals surface area (Å²) < 4.78 is 27.3. The lowest BCUT2D eigenvalue weighted by Gasteiger charge is -2.22. The Balaban J connectivity index is 1.98. The molecule has 0 aromatic heterocycles. The van der Waals surface area contributed by atoms with E-state index in [0.717, 1.165) is 23.2 Å². The lowest BCUT2D eigenvalue weighted by atomic mass is 9.87. The van der Waals surface area contributed by atoms with E-state index >= 15 is 0 Å². The monoisotopic (exact) mass is 315 g/mol. The highest BCUT2D eigenvalue weighted by molar-refractivity contribution is 7.92. The van der Waals surface area contributed by atoms with Gasteiger partial charge >= 0.3 is 0 Å². The number of rotatable bonds is 2. The molecule has 3 nitrogen and oxygen atoms in total. The van der Waals surface area contributed by atoms with Crippen LogP contribution in [0.15, 0.2) is 53.4 Å². The van der Waals surface area contributed by atoms with Gasteiger partial charge in [0.2, 0.25) is 0 Å². The van der Waals surface area contributed by atoms with E-state index in [2.05, 4.69) is 20.8 Å². The van der Waals surface area contributed by atoms with Crippen molar-refractivity contribution in [3.8, 4) is 0 Å². The largest absolute Gasteiger partial charge is 0.266 e. The first-order chi connectivity index (χ1) is 10.3. The van der Waals surface area contributed by atoms with Gasteiger partial charge in [0.15, 0.2) is 0 Å². The van der Waals surface area contributed by atoms with E-state index < -0.39 is 10.0 Å². The molecule has 1 aliphatic rings. The molecule has 0 unspecified atom stereocenters. The summed E-state index contributed by atoms with van der Waals surface area (Å²) in [6, 6.07) is 15.0. The van der Waals surface area contributed by atoms with Gasteiger partial charge in [-0.15, -0.1) is 0 Å². The zero-order valence-corrected chi connectivity index (χ0v) is 14.0. The molecule has 0 N–H and O–H groups in total. The Kier molecular flexibility index (Phi) is 3.52. The van der Waals surface area contributed by atoms with E-state index in [1.54, 1.807) is 12.1 Å². The predicted octanol–water partition coefficient (Wildman–Crippen LogP) is 3.74. The minimum Gasteiger partial charge on any atom is -0.266 e. The first-order valence-electron chi connectivity index (χ1n) is 7.51. The van der Waals surface area contributed by atoms with Crippen LogP contribution in [0, 0.1) is 0 Å². The fourth-order valence-corrected chi connectivity index (χ4v) is 4.31. The number of fused-ring (bicyclic) bond motifs is 1. The quantitative estimate of drug-likeness (QED) is 0.846. The second-order valence-electron chi connectivity index (χ2n) is 6.73. The van der Waals surface area contributed by atoms with E-state index in [0.29, 0.717) is 11.4 Å². The fourth-order valence-electron chi connectivity index (χ4n) is 2.81. The summed E-state index contributed by atoms with van der Waals surface area (Å²) in [5, 5.41) is 0. The van der Waals surface area contributed by atoms with Crippen LogP contribution in [-0.4, -0.2) is 15.0 Å². The van der Waals surface area contributed by atoms with Crippen LogP contribution in [0.4, 0.5) is 5.69 Å². The van der Waals surface area contributed by atoms with Gasteiger partial charge < -0.3 is 0 Å². The minimum absolute atomic E-state index is 0.0164. The van der Waals surface area contributed by atoms with Gasteiger partial charge in [-0.2, -0.15) is 0 Å². The highest BCUT2D eigenvalue weighted by Gasteiger charge is 2.30. The second-order valence-corrected chi connectivity index (χ2v) is 8.59. The Hall–Kier alpha value is -1.81. The minimum atomic E-state index is -3.48. The lowest BCUT2D eigenvalue weighted by molar-refractivity contribution is 0.585. The molecule has 116 valence electrons. The van der Waals surface area contributed by atoms with Crippen LogP contribution < -0.4 is 4.31 Å². The molecule has 0 spiro atoms. The van der Waals surface area contributed by atoms with Crippen LogP contribution in [0.5, 0.6) is 0 Å². The summed E-state index contributed by atoms with van der Waals surface area (Å²) >= 11 is 0. The van der Waals surface area contributed by atoms with Crippen LogP contribution in [0.25, 0.3) is 0 Å². The molecule has 0 aliphatic carbocycles.